The van der Waals surface area contributed by atoms with Crippen molar-refractivity contribution in [1.82, 2.24) is 50.0 Å². The number of aryl methyl sites for hydroxylation is 1. The number of H-pyrrole nitrogens is 1. The van der Waals surface area contributed by atoms with E-state index in [0.29, 0.717) is 61.0 Å². The zero-order valence-corrected chi connectivity index (χ0v) is 24.9. The standard InChI is InChI=1S/C32H32N10O3/c1-21-36-20-42(37-21)31-29-27(26(45-2)17-35-31)24(16-34-29)30(43)32(44)40-14-12-39(13-15-40)25-19-41(18-23-10-6-7-11-33-23)38-28(25)22-8-4-3-5-9-22/h3-11,16-17,19-20,28,34,38H,12-15,18H2,1-2H3. The van der Waals surface area contributed by atoms with Crippen molar-refractivity contribution in [3.8, 4) is 11.6 Å². The van der Waals surface area contributed by atoms with E-state index in [2.05, 4.69) is 58.7 Å². The zero-order chi connectivity index (χ0) is 30.9. The van der Waals surface area contributed by atoms with E-state index < -0.39 is 11.7 Å². The number of carbonyl (C=O) groups excluding carboxylic acids is 2. The number of piperazine rings is 1. The van der Waals surface area contributed by atoms with Crippen LogP contribution in [0.3, 0.4) is 0 Å². The van der Waals surface area contributed by atoms with Gasteiger partial charge in [-0.1, -0.05) is 36.4 Å². The SMILES string of the molecule is COc1cnc(-n2cnc(C)n2)c2[nH]cc(C(=O)C(=O)N3CCN(C4=CN(Cc5ccccn5)NC4c4ccccc4)CC3)c12. The Labute approximate surface area is 259 Å². The molecule has 4 aromatic heterocycles. The summed E-state index contributed by atoms with van der Waals surface area (Å²) in [6.07, 6.45) is 8.52. The van der Waals surface area contributed by atoms with Crippen LogP contribution in [0, 0.1) is 6.92 Å². The van der Waals surface area contributed by atoms with Crippen LogP contribution in [0.2, 0.25) is 0 Å². The number of aromatic nitrogens is 6. The van der Waals surface area contributed by atoms with Gasteiger partial charge in [0.05, 0.1) is 53.8 Å². The first kappa shape index (κ1) is 28.2. The summed E-state index contributed by atoms with van der Waals surface area (Å²) in [5, 5.41) is 6.88. The molecule has 7 rings (SSSR count). The fourth-order valence-electron chi connectivity index (χ4n) is 5.90. The predicted octanol–water partition coefficient (Wildman–Crippen LogP) is 2.79. The molecule has 2 aliphatic rings. The molecule has 0 saturated carbocycles. The van der Waals surface area contributed by atoms with E-state index in [0.717, 1.165) is 17.0 Å². The molecule has 45 heavy (non-hydrogen) atoms. The number of rotatable bonds is 8. The molecule has 13 nitrogen and oxygen atoms in total. The Bertz CT molecular complexity index is 1880. The Hall–Kier alpha value is -5.56. The third kappa shape index (κ3) is 5.38. The number of hydrogen-bond donors (Lipinski definition) is 2. The number of carbonyl (C=O) groups is 2. The number of nitrogens with zero attached hydrogens (tertiary/aromatic N) is 8. The number of methoxy groups -OCH3 is 1. The van der Waals surface area contributed by atoms with Crippen LogP contribution in [-0.2, 0) is 11.3 Å². The molecule has 1 unspecified atom stereocenters. The molecule has 13 heteroatoms. The second-order valence-electron chi connectivity index (χ2n) is 10.9. The number of aromatic amines is 1. The number of amides is 1. The predicted molar refractivity (Wildman–Crippen MR) is 165 cm³/mol. The van der Waals surface area contributed by atoms with Crippen LogP contribution in [-0.4, -0.2) is 89.5 Å². The van der Waals surface area contributed by atoms with E-state index in [-0.39, 0.29) is 11.6 Å². The first-order valence-electron chi connectivity index (χ1n) is 14.7. The minimum Gasteiger partial charge on any atom is -0.494 e. The lowest BCUT2D eigenvalue weighted by Gasteiger charge is -2.37. The summed E-state index contributed by atoms with van der Waals surface area (Å²) in [7, 11) is 1.50. The van der Waals surface area contributed by atoms with Crippen LogP contribution < -0.4 is 10.2 Å². The molecule has 0 bridgehead atoms. The topological polar surface area (TPSA) is 137 Å². The molecule has 1 fully saturated rings. The number of ether oxygens (including phenoxy) is 1. The molecule has 0 radical (unpaired) electrons. The maximum Gasteiger partial charge on any atom is 0.295 e. The molecular formula is C32H32N10O3. The summed E-state index contributed by atoms with van der Waals surface area (Å²) in [5.74, 6) is 0.261. The van der Waals surface area contributed by atoms with E-state index in [9.17, 15) is 9.59 Å². The van der Waals surface area contributed by atoms with Gasteiger partial charge in [0.2, 0.25) is 0 Å². The van der Waals surface area contributed by atoms with Crippen LogP contribution in [0.25, 0.3) is 16.7 Å². The molecule has 1 amide bonds. The molecular weight excluding hydrogens is 572 g/mol. The van der Waals surface area contributed by atoms with Gasteiger partial charge in [0.1, 0.15) is 17.9 Å². The van der Waals surface area contributed by atoms with Crippen molar-refractivity contribution in [1.29, 1.82) is 0 Å². The van der Waals surface area contributed by atoms with Gasteiger partial charge in [-0.3, -0.25) is 14.6 Å². The first-order chi connectivity index (χ1) is 22.0. The number of pyridine rings is 2. The van der Waals surface area contributed by atoms with Crippen LogP contribution in [0.5, 0.6) is 5.75 Å². The summed E-state index contributed by atoms with van der Waals surface area (Å²) in [4.78, 5) is 47.4. The summed E-state index contributed by atoms with van der Waals surface area (Å²) >= 11 is 0. The highest BCUT2D eigenvalue weighted by Gasteiger charge is 2.34. The van der Waals surface area contributed by atoms with E-state index in [1.807, 2.05) is 36.4 Å². The number of ketones is 1. The summed E-state index contributed by atoms with van der Waals surface area (Å²) < 4.78 is 7.05. The second kappa shape index (κ2) is 11.8. The van der Waals surface area contributed by atoms with Gasteiger partial charge in [0, 0.05) is 44.8 Å². The van der Waals surface area contributed by atoms with E-state index >= 15 is 0 Å². The highest BCUT2D eigenvalue weighted by Crippen LogP contribution is 2.33. The van der Waals surface area contributed by atoms with E-state index in [4.69, 9.17) is 4.74 Å². The van der Waals surface area contributed by atoms with Gasteiger partial charge < -0.3 is 24.5 Å². The van der Waals surface area contributed by atoms with Gasteiger partial charge in [-0.2, -0.15) is 5.10 Å². The molecule has 1 saturated heterocycles. The fraction of sp³-hybridized carbons (Fsp3) is 0.250. The Morgan fingerprint density at radius 2 is 1.80 bits per heavy atom. The third-order valence-electron chi connectivity index (χ3n) is 8.14. The van der Waals surface area contributed by atoms with Gasteiger partial charge in [-0.05, 0) is 24.6 Å². The molecule has 228 valence electrons. The quantitative estimate of drug-likeness (QED) is 0.201. The lowest BCUT2D eigenvalue weighted by molar-refractivity contribution is -0.127. The zero-order valence-electron chi connectivity index (χ0n) is 24.9. The number of hydrogen-bond acceptors (Lipinski definition) is 10. The average Bonchev–Trinajstić information content (AvgIpc) is 3.83. The minimum absolute atomic E-state index is 0.0472. The summed E-state index contributed by atoms with van der Waals surface area (Å²) in [5.41, 5.74) is 7.58. The smallest absolute Gasteiger partial charge is 0.295 e. The highest BCUT2D eigenvalue weighted by molar-refractivity contribution is 6.45. The lowest BCUT2D eigenvalue weighted by atomic mass is 10.0. The Kier molecular flexibility index (Phi) is 7.43. The van der Waals surface area contributed by atoms with Gasteiger partial charge in [-0.25, -0.2) is 20.1 Å². The average molecular weight is 605 g/mol. The van der Waals surface area contributed by atoms with Gasteiger partial charge >= 0.3 is 0 Å². The Morgan fingerprint density at radius 1 is 1.00 bits per heavy atom. The van der Waals surface area contributed by atoms with Crippen molar-refractivity contribution in [2.75, 3.05) is 33.3 Å². The molecule has 6 heterocycles. The van der Waals surface area contributed by atoms with Crippen molar-refractivity contribution >= 4 is 22.6 Å². The summed E-state index contributed by atoms with van der Waals surface area (Å²) in [6.45, 7) is 4.39. The molecule has 5 aromatic rings. The van der Waals surface area contributed by atoms with Crippen molar-refractivity contribution in [3.05, 3.63) is 108 Å². The van der Waals surface area contributed by atoms with Crippen molar-refractivity contribution < 1.29 is 14.3 Å². The molecule has 1 aromatic carbocycles. The van der Waals surface area contributed by atoms with Crippen molar-refractivity contribution in [2.24, 2.45) is 0 Å². The highest BCUT2D eigenvalue weighted by atomic mass is 16.5. The van der Waals surface area contributed by atoms with Crippen molar-refractivity contribution in [3.63, 3.8) is 0 Å². The number of fused-ring (bicyclic) bond motifs is 1. The number of benzene rings is 1. The van der Waals surface area contributed by atoms with E-state index in [1.54, 1.807) is 24.3 Å². The van der Waals surface area contributed by atoms with Crippen molar-refractivity contribution in [2.45, 2.75) is 19.5 Å². The van der Waals surface area contributed by atoms with Gasteiger partial charge in [-0.15, -0.1) is 0 Å². The molecule has 2 N–H and O–H groups in total. The number of Topliss-reactive ketones (excluding diaryl/α,β-unsaturated/α-hetero) is 1. The van der Waals surface area contributed by atoms with Crippen LogP contribution in [0.4, 0.5) is 0 Å². The van der Waals surface area contributed by atoms with Crippen LogP contribution in [0.1, 0.15) is 33.5 Å². The normalized spacial score (nSPS) is 16.7. The molecule has 0 aliphatic carbocycles. The first-order valence-corrected chi connectivity index (χ1v) is 14.7. The largest absolute Gasteiger partial charge is 0.494 e. The number of nitrogens with one attached hydrogen (secondary N) is 2. The van der Waals surface area contributed by atoms with Crippen LogP contribution >= 0.6 is 0 Å². The third-order valence-corrected chi connectivity index (χ3v) is 8.14. The Balaban J connectivity index is 1.09. The Morgan fingerprint density at radius 3 is 2.51 bits per heavy atom. The lowest BCUT2D eigenvalue weighted by Crippen LogP contribution is -2.50. The van der Waals surface area contributed by atoms with E-state index in [1.165, 1.54) is 24.2 Å². The van der Waals surface area contributed by atoms with Gasteiger partial charge in [0.25, 0.3) is 11.7 Å². The number of hydrazine groups is 1. The second-order valence-corrected chi connectivity index (χ2v) is 10.9. The molecule has 0 spiro atoms. The van der Waals surface area contributed by atoms with Crippen LogP contribution in [0.15, 0.2) is 85.3 Å². The monoisotopic (exact) mass is 604 g/mol. The molecule has 2 aliphatic heterocycles. The maximum atomic E-state index is 13.7. The van der Waals surface area contributed by atoms with Gasteiger partial charge in [0.15, 0.2) is 5.82 Å². The minimum atomic E-state index is -0.606. The fourth-order valence-corrected chi connectivity index (χ4v) is 5.90. The maximum absolute atomic E-state index is 13.7. The molecule has 1 atom stereocenters. The summed E-state index contributed by atoms with van der Waals surface area (Å²) in [6, 6.07) is 16.1.